The number of rotatable bonds is 3. The summed E-state index contributed by atoms with van der Waals surface area (Å²) in [6.07, 6.45) is 2.42. The van der Waals surface area contributed by atoms with Gasteiger partial charge in [-0.3, -0.25) is 9.69 Å². The monoisotopic (exact) mass is 310 g/mol. The minimum atomic E-state index is 0.0702. The molecule has 2 rings (SSSR count). The zero-order valence-corrected chi connectivity index (χ0v) is 12.5. The fourth-order valence-corrected chi connectivity index (χ4v) is 2.77. The van der Waals surface area contributed by atoms with Gasteiger partial charge >= 0.3 is 0 Å². The molecule has 4 heteroatoms. The fourth-order valence-electron chi connectivity index (χ4n) is 2.21. The van der Waals surface area contributed by atoms with E-state index >= 15 is 0 Å². The van der Waals surface area contributed by atoms with Crippen LogP contribution in [0, 0.1) is 13.8 Å². The second-order valence-corrected chi connectivity index (χ2v) is 5.80. The van der Waals surface area contributed by atoms with Crippen LogP contribution in [-0.2, 0) is 4.79 Å². The predicted octanol–water partition coefficient (Wildman–Crippen LogP) is 3.10. The molecular formula is C14H19BrN2O. The molecule has 1 aromatic carbocycles. The van der Waals surface area contributed by atoms with Crippen LogP contribution in [0.15, 0.2) is 16.6 Å². The largest absolute Gasteiger partial charge is 0.324 e. The highest BCUT2D eigenvalue weighted by molar-refractivity contribution is 9.10. The summed E-state index contributed by atoms with van der Waals surface area (Å²) < 4.78 is 0.945. The molecule has 3 nitrogen and oxygen atoms in total. The summed E-state index contributed by atoms with van der Waals surface area (Å²) in [5, 5.41) is 2.98. The van der Waals surface area contributed by atoms with Gasteiger partial charge < -0.3 is 5.32 Å². The van der Waals surface area contributed by atoms with Crippen LogP contribution < -0.4 is 5.32 Å². The summed E-state index contributed by atoms with van der Waals surface area (Å²) in [6.45, 7) is 6.70. The molecule has 1 heterocycles. The number of hydrogen-bond donors (Lipinski definition) is 1. The summed E-state index contributed by atoms with van der Waals surface area (Å²) in [6, 6.07) is 4.06. The van der Waals surface area contributed by atoms with Crippen LogP contribution in [0.5, 0.6) is 0 Å². The molecule has 1 N–H and O–H groups in total. The lowest BCUT2D eigenvalue weighted by atomic mass is 10.1. The number of nitrogens with zero attached hydrogens (tertiary/aromatic N) is 1. The Labute approximate surface area is 117 Å². The molecule has 1 aliphatic rings. The highest BCUT2D eigenvalue weighted by atomic mass is 79.9. The highest BCUT2D eigenvalue weighted by Gasteiger charge is 2.15. The van der Waals surface area contributed by atoms with E-state index < -0.39 is 0 Å². The number of benzene rings is 1. The number of aryl methyl sites for hydroxylation is 2. The van der Waals surface area contributed by atoms with Crippen molar-refractivity contribution in [2.45, 2.75) is 26.7 Å². The van der Waals surface area contributed by atoms with Gasteiger partial charge in [-0.05, 0) is 79.0 Å². The van der Waals surface area contributed by atoms with Crippen molar-refractivity contribution >= 4 is 27.5 Å². The molecule has 98 valence electrons. The number of hydrogen-bond acceptors (Lipinski definition) is 2. The van der Waals surface area contributed by atoms with Gasteiger partial charge in [0.15, 0.2) is 0 Å². The van der Waals surface area contributed by atoms with E-state index in [1.165, 1.54) is 24.0 Å². The zero-order chi connectivity index (χ0) is 13.1. The molecule has 0 unspecified atom stereocenters. The van der Waals surface area contributed by atoms with E-state index in [9.17, 15) is 4.79 Å². The lowest BCUT2D eigenvalue weighted by Gasteiger charge is -2.15. The Morgan fingerprint density at radius 1 is 1.28 bits per heavy atom. The number of halogens is 1. The maximum Gasteiger partial charge on any atom is 0.238 e. The van der Waals surface area contributed by atoms with Crippen LogP contribution in [0.2, 0.25) is 0 Å². The Kier molecular flexibility index (Phi) is 4.40. The van der Waals surface area contributed by atoms with Crippen molar-refractivity contribution < 1.29 is 4.79 Å². The third kappa shape index (κ3) is 3.33. The number of amides is 1. The van der Waals surface area contributed by atoms with Crippen molar-refractivity contribution in [2.75, 3.05) is 25.0 Å². The third-order valence-electron chi connectivity index (χ3n) is 3.42. The Balaban J connectivity index is 2.00. The number of carbonyl (C=O) groups excluding carboxylic acids is 1. The van der Waals surface area contributed by atoms with Crippen LogP contribution >= 0.6 is 15.9 Å². The summed E-state index contributed by atoms with van der Waals surface area (Å²) in [5.41, 5.74) is 3.27. The van der Waals surface area contributed by atoms with Gasteiger partial charge in [0.05, 0.1) is 12.2 Å². The minimum Gasteiger partial charge on any atom is -0.324 e. The fraction of sp³-hybridized carbons (Fsp3) is 0.500. The number of carbonyl (C=O) groups is 1. The maximum atomic E-state index is 11.9. The minimum absolute atomic E-state index is 0.0702. The van der Waals surface area contributed by atoms with Crippen molar-refractivity contribution in [1.29, 1.82) is 0 Å². The number of nitrogens with one attached hydrogen (secondary N) is 1. The SMILES string of the molecule is Cc1cc(Br)c(NC(=O)CN2CCCC2)cc1C. The Morgan fingerprint density at radius 2 is 1.89 bits per heavy atom. The van der Waals surface area contributed by atoms with Crippen LogP contribution in [0.3, 0.4) is 0 Å². The molecular weight excluding hydrogens is 292 g/mol. The first-order chi connectivity index (χ1) is 8.56. The van der Waals surface area contributed by atoms with Crippen molar-refractivity contribution in [3.8, 4) is 0 Å². The van der Waals surface area contributed by atoms with Crippen molar-refractivity contribution in [1.82, 2.24) is 4.90 Å². The van der Waals surface area contributed by atoms with Gasteiger partial charge in [0.25, 0.3) is 0 Å². The number of anilines is 1. The molecule has 1 fully saturated rings. The molecule has 0 radical (unpaired) electrons. The first-order valence-electron chi connectivity index (χ1n) is 6.35. The lowest BCUT2D eigenvalue weighted by molar-refractivity contribution is -0.117. The van der Waals surface area contributed by atoms with Gasteiger partial charge in [-0.1, -0.05) is 0 Å². The topological polar surface area (TPSA) is 32.3 Å². The van der Waals surface area contributed by atoms with E-state index in [4.69, 9.17) is 0 Å². The van der Waals surface area contributed by atoms with Gasteiger partial charge in [0.1, 0.15) is 0 Å². The first-order valence-corrected chi connectivity index (χ1v) is 7.14. The molecule has 1 aromatic rings. The molecule has 0 aliphatic carbocycles. The van der Waals surface area contributed by atoms with Crippen LogP contribution in [0.25, 0.3) is 0 Å². The quantitative estimate of drug-likeness (QED) is 0.930. The van der Waals surface area contributed by atoms with E-state index in [-0.39, 0.29) is 5.91 Å². The Hall–Kier alpha value is -0.870. The van der Waals surface area contributed by atoms with Gasteiger partial charge in [-0.2, -0.15) is 0 Å². The van der Waals surface area contributed by atoms with Crippen molar-refractivity contribution in [2.24, 2.45) is 0 Å². The number of likely N-dealkylation sites (tertiary alicyclic amines) is 1. The second kappa shape index (κ2) is 5.85. The van der Waals surface area contributed by atoms with E-state index in [0.29, 0.717) is 6.54 Å². The summed E-state index contributed by atoms with van der Waals surface area (Å²) >= 11 is 3.49. The molecule has 0 bridgehead atoms. The molecule has 0 atom stereocenters. The zero-order valence-electron chi connectivity index (χ0n) is 10.9. The molecule has 1 saturated heterocycles. The van der Waals surface area contributed by atoms with E-state index in [1.807, 2.05) is 12.1 Å². The van der Waals surface area contributed by atoms with E-state index in [2.05, 4.69) is 40.0 Å². The molecule has 0 saturated carbocycles. The van der Waals surface area contributed by atoms with E-state index in [1.54, 1.807) is 0 Å². The molecule has 18 heavy (non-hydrogen) atoms. The Morgan fingerprint density at radius 3 is 2.56 bits per heavy atom. The maximum absolute atomic E-state index is 11.9. The second-order valence-electron chi connectivity index (χ2n) is 4.95. The standard InChI is InChI=1S/C14H19BrN2O/c1-10-7-12(15)13(8-11(10)2)16-14(18)9-17-5-3-4-6-17/h7-8H,3-6,9H2,1-2H3,(H,16,18). The van der Waals surface area contributed by atoms with Crippen LogP contribution in [0.1, 0.15) is 24.0 Å². The average Bonchev–Trinajstić information content (AvgIpc) is 2.78. The highest BCUT2D eigenvalue weighted by Crippen LogP contribution is 2.26. The summed E-state index contributed by atoms with van der Waals surface area (Å²) in [4.78, 5) is 14.1. The van der Waals surface area contributed by atoms with Gasteiger partial charge in [-0.25, -0.2) is 0 Å². The lowest BCUT2D eigenvalue weighted by Crippen LogP contribution is -2.31. The molecule has 1 amide bonds. The first kappa shape index (κ1) is 13.6. The Bertz CT molecular complexity index is 453. The van der Waals surface area contributed by atoms with Gasteiger partial charge in [-0.15, -0.1) is 0 Å². The molecule has 0 aromatic heterocycles. The van der Waals surface area contributed by atoms with Gasteiger partial charge in [0, 0.05) is 4.47 Å². The predicted molar refractivity (Wildman–Crippen MR) is 77.9 cm³/mol. The molecule has 1 aliphatic heterocycles. The van der Waals surface area contributed by atoms with Crippen LogP contribution in [0.4, 0.5) is 5.69 Å². The average molecular weight is 311 g/mol. The van der Waals surface area contributed by atoms with E-state index in [0.717, 1.165) is 23.2 Å². The normalized spacial score (nSPS) is 15.9. The molecule has 0 spiro atoms. The van der Waals surface area contributed by atoms with Crippen molar-refractivity contribution in [3.63, 3.8) is 0 Å². The summed E-state index contributed by atoms with van der Waals surface area (Å²) in [7, 11) is 0. The third-order valence-corrected chi connectivity index (χ3v) is 4.08. The summed E-state index contributed by atoms with van der Waals surface area (Å²) in [5.74, 6) is 0.0702. The smallest absolute Gasteiger partial charge is 0.238 e. The van der Waals surface area contributed by atoms with Gasteiger partial charge in [0.2, 0.25) is 5.91 Å². The van der Waals surface area contributed by atoms with Crippen LogP contribution in [-0.4, -0.2) is 30.4 Å². The van der Waals surface area contributed by atoms with Crippen molar-refractivity contribution in [3.05, 3.63) is 27.7 Å².